The molecular formula is C25H25N3O2S. The number of benzene rings is 1. The van der Waals surface area contributed by atoms with Crippen LogP contribution in [0.15, 0.2) is 42.6 Å². The largest absolute Gasteiger partial charge is 0.337 e. The van der Waals surface area contributed by atoms with Gasteiger partial charge < -0.3 is 10.2 Å². The summed E-state index contributed by atoms with van der Waals surface area (Å²) < 4.78 is 1.25. The molecule has 0 radical (unpaired) electrons. The van der Waals surface area contributed by atoms with Gasteiger partial charge in [0.15, 0.2) is 0 Å². The molecule has 5 nitrogen and oxygen atoms in total. The minimum Gasteiger partial charge on any atom is -0.337 e. The van der Waals surface area contributed by atoms with Crippen LogP contribution < -0.4 is 5.32 Å². The van der Waals surface area contributed by atoms with Gasteiger partial charge in [0, 0.05) is 34.5 Å². The third-order valence-corrected chi connectivity index (χ3v) is 7.92. The van der Waals surface area contributed by atoms with E-state index in [-0.39, 0.29) is 11.8 Å². The molecule has 3 aromatic rings. The summed E-state index contributed by atoms with van der Waals surface area (Å²) in [6.07, 6.45) is 8.98. The quantitative estimate of drug-likeness (QED) is 0.589. The van der Waals surface area contributed by atoms with Gasteiger partial charge >= 0.3 is 0 Å². The van der Waals surface area contributed by atoms with Crippen molar-refractivity contribution in [2.75, 3.05) is 12.4 Å². The minimum absolute atomic E-state index is 0.0536. The van der Waals surface area contributed by atoms with E-state index in [1.54, 1.807) is 34.6 Å². The first-order chi connectivity index (χ1) is 15.0. The second-order valence-electron chi connectivity index (χ2n) is 8.58. The van der Waals surface area contributed by atoms with Crippen LogP contribution in [-0.2, 0) is 21.5 Å². The van der Waals surface area contributed by atoms with Gasteiger partial charge in [-0.3, -0.25) is 9.59 Å². The van der Waals surface area contributed by atoms with E-state index in [2.05, 4.69) is 29.4 Å². The average Bonchev–Trinajstić information content (AvgIpc) is 3.46. The molecule has 3 heterocycles. The number of rotatable bonds is 4. The summed E-state index contributed by atoms with van der Waals surface area (Å²) in [5.41, 5.74) is 2.65. The summed E-state index contributed by atoms with van der Waals surface area (Å²) in [5.74, 6) is 0.693. The van der Waals surface area contributed by atoms with E-state index in [0.717, 1.165) is 36.8 Å². The van der Waals surface area contributed by atoms with Crippen molar-refractivity contribution >= 4 is 45.1 Å². The topological polar surface area (TPSA) is 62.3 Å². The molecule has 2 aliphatic rings. The van der Waals surface area contributed by atoms with Crippen molar-refractivity contribution in [2.45, 2.75) is 44.6 Å². The van der Waals surface area contributed by atoms with Crippen molar-refractivity contribution in [1.29, 1.82) is 0 Å². The molecule has 1 fully saturated rings. The number of nitrogens with one attached hydrogen (secondary N) is 1. The summed E-state index contributed by atoms with van der Waals surface area (Å²) in [4.78, 5) is 32.7. The number of nitrogens with zero attached hydrogens (tertiary/aromatic N) is 2. The van der Waals surface area contributed by atoms with Crippen molar-refractivity contribution in [3.8, 4) is 0 Å². The molecule has 6 heteroatoms. The number of anilines is 1. The molecule has 0 saturated heterocycles. The predicted octanol–water partition coefficient (Wildman–Crippen LogP) is 5.04. The van der Waals surface area contributed by atoms with Crippen LogP contribution in [0.1, 0.15) is 47.3 Å². The second-order valence-corrected chi connectivity index (χ2v) is 9.72. The van der Waals surface area contributed by atoms with E-state index in [1.165, 1.54) is 20.5 Å². The average molecular weight is 432 g/mol. The Labute approximate surface area is 185 Å². The molecule has 1 saturated carbocycles. The van der Waals surface area contributed by atoms with Crippen LogP contribution in [0, 0.1) is 6.92 Å². The monoisotopic (exact) mass is 431 g/mol. The lowest BCUT2D eigenvalue weighted by atomic mass is 9.80. The molecule has 1 aromatic carbocycles. The first-order valence-electron chi connectivity index (χ1n) is 10.7. The number of aromatic nitrogens is 1. The van der Waals surface area contributed by atoms with E-state index in [1.807, 2.05) is 25.2 Å². The smallest absolute Gasteiger partial charge is 0.246 e. The minimum atomic E-state index is -0.425. The Bertz CT molecular complexity index is 1220. The van der Waals surface area contributed by atoms with Gasteiger partial charge in [-0.05, 0) is 54.5 Å². The van der Waals surface area contributed by atoms with E-state index < -0.39 is 5.41 Å². The highest BCUT2D eigenvalue weighted by molar-refractivity contribution is 7.19. The highest BCUT2D eigenvalue weighted by Crippen LogP contribution is 2.48. The number of fused-ring (bicyclic) bond motifs is 3. The SMILES string of the molecule is Cc1c(CN(C)C(=O)/C=C/c2cnc3c(c2)C2(CCCC2)C(=O)N3)sc2ccccc12. The Morgan fingerprint density at radius 2 is 2.06 bits per heavy atom. The molecule has 2 aromatic heterocycles. The van der Waals surface area contributed by atoms with Gasteiger partial charge in [-0.1, -0.05) is 31.0 Å². The molecule has 31 heavy (non-hydrogen) atoms. The number of aryl methyl sites for hydroxylation is 1. The van der Waals surface area contributed by atoms with Crippen LogP contribution in [0.25, 0.3) is 16.2 Å². The maximum Gasteiger partial charge on any atom is 0.246 e. The normalized spacial score (nSPS) is 16.9. The Morgan fingerprint density at radius 3 is 2.84 bits per heavy atom. The third kappa shape index (κ3) is 3.35. The van der Waals surface area contributed by atoms with Gasteiger partial charge in [0.2, 0.25) is 11.8 Å². The standard InChI is InChI=1S/C25H25N3O2S/c1-16-18-7-3-4-8-20(18)31-21(16)15-28(2)22(29)10-9-17-13-19-23(26-14-17)27-24(30)25(19)11-5-6-12-25/h3-4,7-10,13-14H,5-6,11-12,15H2,1-2H3,(H,26,27,30)/b10-9+. The Balaban J connectivity index is 1.32. The molecule has 158 valence electrons. The fraction of sp³-hybridized carbons (Fsp3) is 0.320. The fourth-order valence-electron chi connectivity index (χ4n) is 4.82. The van der Waals surface area contributed by atoms with Crippen LogP contribution in [0.5, 0.6) is 0 Å². The predicted molar refractivity (Wildman–Crippen MR) is 125 cm³/mol. The van der Waals surface area contributed by atoms with Gasteiger partial charge in [-0.15, -0.1) is 11.3 Å². The number of amides is 2. The van der Waals surface area contributed by atoms with Crippen LogP contribution in [0.4, 0.5) is 5.82 Å². The highest BCUT2D eigenvalue weighted by Gasteiger charge is 2.49. The van der Waals surface area contributed by atoms with Crippen molar-refractivity contribution in [3.63, 3.8) is 0 Å². The lowest BCUT2D eigenvalue weighted by Crippen LogP contribution is -2.30. The fourth-order valence-corrected chi connectivity index (χ4v) is 6.09. The maximum atomic E-state index is 12.7. The van der Waals surface area contributed by atoms with Crippen molar-refractivity contribution < 1.29 is 9.59 Å². The van der Waals surface area contributed by atoms with E-state index >= 15 is 0 Å². The zero-order valence-corrected chi connectivity index (χ0v) is 18.6. The Hall–Kier alpha value is -2.99. The summed E-state index contributed by atoms with van der Waals surface area (Å²) in [6.45, 7) is 2.70. The van der Waals surface area contributed by atoms with Gasteiger partial charge in [0.05, 0.1) is 12.0 Å². The molecular weight excluding hydrogens is 406 g/mol. The molecule has 0 bridgehead atoms. The Kier molecular flexibility index (Phi) is 4.89. The summed E-state index contributed by atoms with van der Waals surface area (Å²) in [5, 5.41) is 4.19. The van der Waals surface area contributed by atoms with Gasteiger partial charge in [0.1, 0.15) is 5.82 Å². The molecule has 5 rings (SSSR count). The number of hydrogen-bond acceptors (Lipinski definition) is 4. The zero-order valence-electron chi connectivity index (χ0n) is 17.8. The Morgan fingerprint density at radius 1 is 1.29 bits per heavy atom. The van der Waals surface area contributed by atoms with Gasteiger partial charge in [-0.2, -0.15) is 0 Å². The molecule has 0 unspecified atom stereocenters. The van der Waals surface area contributed by atoms with Crippen molar-refractivity contribution in [3.05, 3.63) is 64.2 Å². The molecule has 1 spiro atoms. The number of carbonyl (C=O) groups is 2. The molecule has 2 amide bonds. The number of thiophene rings is 1. The first-order valence-corrected chi connectivity index (χ1v) is 11.5. The van der Waals surface area contributed by atoms with E-state index in [9.17, 15) is 9.59 Å². The van der Waals surface area contributed by atoms with Crippen molar-refractivity contribution in [1.82, 2.24) is 9.88 Å². The molecule has 1 N–H and O–H groups in total. The number of likely N-dealkylation sites (N-methyl/N-ethyl adjacent to an activating group) is 1. The summed E-state index contributed by atoms with van der Waals surface area (Å²) in [7, 11) is 1.83. The molecule has 1 aliphatic carbocycles. The zero-order chi connectivity index (χ0) is 21.6. The van der Waals surface area contributed by atoms with Gasteiger partial charge in [-0.25, -0.2) is 4.98 Å². The summed E-state index contributed by atoms with van der Waals surface area (Å²) in [6, 6.07) is 10.4. The van der Waals surface area contributed by atoms with E-state index in [0.29, 0.717) is 12.4 Å². The van der Waals surface area contributed by atoms with Crippen LogP contribution >= 0.6 is 11.3 Å². The van der Waals surface area contributed by atoms with E-state index in [4.69, 9.17) is 0 Å². The molecule has 1 aliphatic heterocycles. The van der Waals surface area contributed by atoms with Crippen LogP contribution in [0.2, 0.25) is 0 Å². The molecule has 0 atom stereocenters. The second kappa shape index (κ2) is 7.61. The number of carbonyl (C=O) groups excluding carboxylic acids is 2. The van der Waals surface area contributed by atoms with Crippen molar-refractivity contribution in [2.24, 2.45) is 0 Å². The number of hydrogen-bond donors (Lipinski definition) is 1. The first kappa shape index (κ1) is 19.9. The summed E-state index contributed by atoms with van der Waals surface area (Å²) >= 11 is 1.74. The lowest BCUT2D eigenvalue weighted by molar-refractivity contribution is -0.125. The maximum absolute atomic E-state index is 12.7. The van der Waals surface area contributed by atoms with Crippen LogP contribution in [0.3, 0.4) is 0 Å². The lowest BCUT2D eigenvalue weighted by Gasteiger charge is -2.20. The number of pyridine rings is 1. The van der Waals surface area contributed by atoms with Crippen LogP contribution in [-0.4, -0.2) is 28.7 Å². The highest BCUT2D eigenvalue weighted by atomic mass is 32.1. The third-order valence-electron chi connectivity index (χ3n) is 6.67. The van der Waals surface area contributed by atoms with Gasteiger partial charge in [0.25, 0.3) is 0 Å².